The lowest BCUT2D eigenvalue weighted by Crippen LogP contribution is -2.24. The fraction of sp³-hybridized carbons (Fsp3) is 0.158. The average Bonchev–Trinajstić information content (AvgIpc) is 3.02. The number of rotatable bonds is 5. The van der Waals surface area contributed by atoms with E-state index in [9.17, 15) is 9.59 Å². The number of pyridine rings is 1. The van der Waals surface area contributed by atoms with Crippen LogP contribution in [0.2, 0.25) is 0 Å². The van der Waals surface area contributed by atoms with Crippen LogP contribution in [0.5, 0.6) is 0 Å². The van der Waals surface area contributed by atoms with Crippen LogP contribution in [0.15, 0.2) is 48.7 Å². The predicted molar refractivity (Wildman–Crippen MR) is 102 cm³/mol. The first-order valence-electron chi connectivity index (χ1n) is 8.06. The molecule has 3 aromatic rings. The highest BCUT2D eigenvalue weighted by Gasteiger charge is 2.16. The summed E-state index contributed by atoms with van der Waals surface area (Å²) in [7, 11) is 0. The molecule has 26 heavy (non-hydrogen) atoms. The number of thiazole rings is 1. The molecule has 2 heterocycles. The SMILES string of the molecule is CC(=O)Nc1cccc(-c2nc(C(=O)NCc3ccccn3)c(C)s2)c1. The highest BCUT2D eigenvalue weighted by molar-refractivity contribution is 7.15. The summed E-state index contributed by atoms with van der Waals surface area (Å²) in [5.74, 6) is -0.360. The molecule has 0 fully saturated rings. The standard InChI is InChI=1S/C19H18N4O2S/c1-12-17(18(25)21-11-16-7-3-4-9-20-16)23-19(26-12)14-6-5-8-15(10-14)22-13(2)24/h3-10H,11H2,1-2H3,(H,21,25)(H,22,24). The van der Waals surface area contributed by atoms with Crippen molar-refractivity contribution < 1.29 is 9.59 Å². The van der Waals surface area contributed by atoms with Gasteiger partial charge in [-0.15, -0.1) is 11.3 Å². The van der Waals surface area contributed by atoms with E-state index in [2.05, 4.69) is 20.6 Å². The number of nitrogens with zero attached hydrogens (tertiary/aromatic N) is 2. The maximum absolute atomic E-state index is 12.4. The minimum absolute atomic E-state index is 0.132. The molecule has 7 heteroatoms. The van der Waals surface area contributed by atoms with Crippen LogP contribution in [-0.2, 0) is 11.3 Å². The molecular weight excluding hydrogens is 348 g/mol. The molecule has 0 unspecified atom stereocenters. The Labute approximate surface area is 155 Å². The molecule has 0 aliphatic rings. The number of benzene rings is 1. The number of aromatic nitrogens is 2. The van der Waals surface area contributed by atoms with Crippen LogP contribution in [0.25, 0.3) is 10.6 Å². The first kappa shape index (κ1) is 17.8. The van der Waals surface area contributed by atoms with Gasteiger partial charge in [-0.05, 0) is 31.2 Å². The third-order valence-electron chi connectivity index (χ3n) is 3.60. The minimum Gasteiger partial charge on any atom is -0.345 e. The van der Waals surface area contributed by atoms with E-state index in [1.54, 1.807) is 6.20 Å². The molecule has 0 aliphatic carbocycles. The molecule has 2 N–H and O–H groups in total. The summed E-state index contributed by atoms with van der Waals surface area (Å²) in [6.07, 6.45) is 1.69. The third kappa shape index (κ3) is 4.31. The van der Waals surface area contributed by atoms with Crippen LogP contribution in [-0.4, -0.2) is 21.8 Å². The van der Waals surface area contributed by atoms with Gasteiger partial charge in [0.1, 0.15) is 10.7 Å². The molecule has 0 aliphatic heterocycles. The van der Waals surface area contributed by atoms with E-state index in [0.29, 0.717) is 17.9 Å². The number of amides is 2. The molecule has 0 atom stereocenters. The largest absolute Gasteiger partial charge is 0.345 e. The van der Waals surface area contributed by atoms with E-state index in [1.165, 1.54) is 18.3 Å². The van der Waals surface area contributed by atoms with Gasteiger partial charge in [0, 0.05) is 29.2 Å². The molecule has 0 bridgehead atoms. The van der Waals surface area contributed by atoms with Crippen molar-refractivity contribution in [3.8, 4) is 10.6 Å². The van der Waals surface area contributed by atoms with Crippen LogP contribution in [0.4, 0.5) is 5.69 Å². The maximum atomic E-state index is 12.4. The van der Waals surface area contributed by atoms with E-state index < -0.39 is 0 Å². The second kappa shape index (κ2) is 7.88. The number of carbonyl (C=O) groups is 2. The van der Waals surface area contributed by atoms with Gasteiger partial charge in [-0.2, -0.15) is 0 Å². The Hall–Kier alpha value is -3.06. The van der Waals surface area contributed by atoms with Crippen molar-refractivity contribution in [3.63, 3.8) is 0 Å². The number of nitrogens with one attached hydrogen (secondary N) is 2. The fourth-order valence-corrected chi connectivity index (χ4v) is 3.33. The van der Waals surface area contributed by atoms with Crippen LogP contribution in [0.3, 0.4) is 0 Å². The van der Waals surface area contributed by atoms with E-state index >= 15 is 0 Å². The Bertz CT molecular complexity index is 938. The third-order valence-corrected chi connectivity index (χ3v) is 4.62. The van der Waals surface area contributed by atoms with Crippen molar-refractivity contribution >= 4 is 28.8 Å². The maximum Gasteiger partial charge on any atom is 0.271 e. The molecule has 3 rings (SSSR count). The van der Waals surface area contributed by atoms with Gasteiger partial charge in [-0.25, -0.2) is 4.98 Å². The lowest BCUT2D eigenvalue weighted by Gasteiger charge is -2.04. The summed E-state index contributed by atoms with van der Waals surface area (Å²) in [4.78, 5) is 33.2. The van der Waals surface area contributed by atoms with Crippen LogP contribution >= 0.6 is 11.3 Å². The number of anilines is 1. The topological polar surface area (TPSA) is 84.0 Å². The van der Waals surface area contributed by atoms with Gasteiger partial charge in [0.25, 0.3) is 5.91 Å². The summed E-state index contributed by atoms with van der Waals surface area (Å²) in [5, 5.41) is 6.33. The molecule has 0 saturated heterocycles. The van der Waals surface area contributed by atoms with Gasteiger partial charge >= 0.3 is 0 Å². The molecule has 0 radical (unpaired) electrons. The van der Waals surface area contributed by atoms with Gasteiger partial charge < -0.3 is 10.6 Å². The normalized spacial score (nSPS) is 10.4. The quantitative estimate of drug-likeness (QED) is 0.725. The Morgan fingerprint density at radius 2 is 2.00 bits per heavy atom. The molecule has 1 aromatic carbocycles. The number of hydrogen-bond donors (Lipinski definition) is 2. The van der Waals surface area contributed by atoms with Gasteiger partial charge in [-0.1, -0.05) is 18.2 Å². The highest BCUT2D eigenvalue weighted by Crippen LogP contribution is 2.29. The van der Waals surface area contributed by atoms with Crippen molar-refractivity contribution in [2.75, 3.05) is 5.32 Å². The first-order valence-corrected chi connectivity index (χ1v) is 8.88. The van der Waals surface area contributed by atoms with Crippen LogP contribution < -0.4 is 10.6 Å². The van der Waals surface area contributed by atoms with Gasteiger partial charge in [0.15, 0.2) is 0 Å². The van der Waals surface area contributed by atoms with E-state index in [-0.39, 0.29) is 11.8 Å². The van der Waals surface area contributed by atoms with Gasteiger partial charge in [0.05, 0.1) is 12.2 Å². The molecule has 2 aromatic heterocycles. The zero-order valence-electron chi connectivity index (χ0n) is 14.4. The number of carbonyl (C=O) groups excluding carboxylic acids is 2. The summed E-state index contributed by atoms with van der Waals surface area (Å²) in [6, 6.07) is 13.0. The van der Waals surface area contributed by atoms with E-state index in [0.717, 1.165) is 21.1 Å². The highest BCUT2D eigenvalue weighted by atomic mass is 32.1. The second-order valence-electron chi connectivity index (χ2n) is 5.69. The van der Waals surface area contributed by atoms with Gasteiger partial charge in [-0.3, -0.25) is 14.6 Å². The van der Waals surface area contributed by atoms with Crippen molar-refractivity contribution in [1.82, 2.24) is 15.3 Å². The van der Waals surface area contributed by atoms with Crippen LogP contribution in [0.1, 0.15) is 28.0 Å². The second-order valence-corrected chi connectivity index (χ2v) is 6.89. The van der Waals surface area contributed by atoms with Crippen molar-refractivity contribution in [3.05, 3.63) is 64.9 Å². The Balaban J connectivity index is 1.76. The molecule has 6 nitrogen and oxygen atoms in total. The van der Waals surface area contributed by atoms with Crippen molar-refractivity contribution in [2.24, 2.45) is 0 Å². The summed E-state index contributed by atoms with van der Waals surface area (Å²) >= 11 is 1.44. The monoisotopic (exact) mass is 366 g/mol. The Kier molecular flexibility index (Phi) is 5.38. The zero-order valence-corrected chi connectivity index (χ0v) is 15.3. The van der Waals surface area contributed by atoms with E-state index in [1.807, 2.05) is 49.4 Å². The number of aryl methyl sites for hydroxylation is 1. The molecular formula is C19H18N4O2S. The average molecular weight is 366 g/mol. The van der Waals surface area contributed by atoms with E-state index in [4.69, 9.17) is 0 Å². The molecule has 0 saturated carbocycles. The predicted octanol–water partition coefficient (Wildman–Crippen LogP) is 3.40. The fourth-order valence-electron chi connectivity index (χ4n) is 2.42. The Morgan fingerprint density at radius 3 is 2.73 bits per heavy atom. The molecule has 0 spiro atoms. The zero-order chi connectivity index (χ0) is 18.5. The molecule has 2 amide bonds. The smallest absolute Gasteiger partial charge is 0.271 e. The molecule has 132 valence electrons. The van der Waals surface area contributed by atoms with Crippen molar-refractivity contribution in [1.29, 1.82) is 0 Å². The Morgan fingerprint density at radius 1 is 1.15 bits per heavy atom. The van der Waals surface area contributed by atoms with Crippen molar-refractivity contribution in [2.45, 2.75) is 20.4 Å². The lowest BCUT2D eigenvalue weighted by molar-refractivity contribution is -0.114. The summed E-state index contributed by atoms with van der Waals surface area (Å²) in [5.41, 5.74) is 2.75. The minimum atomic E-state index is -0.228. The summed E-state index contributed by atoms with van der Waals surface area (Å²) < 4.78 is 0. The first-order chi connectivity index (χ1) is 12.5. The van der Waals surface area contributed by atoms with Gasteiger partial charge in [0.2, 0.25) is 5.91 Å². The lowest BCUT2D eigenvalue weighted by atomic mass is 10.2. The number of hydrogen-bond acceptors (Lipinski definition) is 5. The summed E-state index contributed by atoms with van der Waals surface area (Å²) in [6.45, 7) is 3.68. The van der Waals surface area contributed by atoms with Crippen LogP contribution in [0, 0.1) is 6.92 Å².